The SMILES string of the molecule is CC(=O)Nc1cccc(C(C)NC(=O)c2csc(Br)c2)c1. The summed E-state index contributed by atoms with van der Waals surface area (Å²) in [7, 11) is 0. The summed E-state index contributed by atoms with van der Waals surface area (Å²) in [6.45, 7) is 3.37. The zero-order valence-corrected chi connectivity index (χ0v) is 14.0. The molecule has 0 bridgehead atoms. The normalized spacial score (nSPS) is 11.8. The number of benzene rings is 1. The van der Waals surface area contributed by atoms with Gasteiger partial charge in [-0.2, -0.15) is 0 Å². The number of nitrogens with one attached hydrogen (secondary N) is 2. The lowest BCUT2D eigenvalue weighted by atomic mass is 10.1. The Morgan fingerprint density at radius 2 is 2.05 bits per heavy atom. The Bertz CT molecular complexity index is 669. The van der Waals surface area contributed by atoms with E-state index in [0.717, 1.165) is 15.0 Å². The number of halogens is 1. The molecule has 110 valence electrons. The van der Waals surface area contributed by atoms with E-state index in [1.807, 2.05) is 31.2 Å². The minimum Gasteiger partial charge on any atom is -0.345 e. The molecule has 0 radical (unpaired) electrons. The first-order chi connectivity index (χ1) is 9.95. The Morgan fingerprint density at radius 1 is 1.29 bits per heavy atom. The molecule has 2 N–H and O–H groups in total. The summed E-state index contributed by atoms with van der Waals surface area (Å²) in [5.41, 5.74) is 2.29. The predicted octanol–water partition coefficient (Wildman–Crippen LogP) is 3.96. The number of carbonyl (C=O) groups is 2. The van der Waals surface area contributed by atoms with Crippen LogP contribution in [0.25, 0.3) is 0 Å². The molecular weight excluding hydrogens is 352 g/mol. The second-order valence-corrected chi connectivity index (χ2v) is 6.93. The van der Waals surface area contributed by atoms with Crippen molar-refractivity contribution in [1.82, 2.24) is 5.32 Å². The van der Waals surface area contributed by atoms with E-state index in [2.05, 4.69) is 26.6 Å². The molecule has 0 aliphatic heterocycles. The molecule has 2 aromatic rings. The molecule has 0 saturated carbocycles. The maximum absolute atomic E-state index is 12.1. The molecule has 1 unspecified atom stereocenters. The third kappa shape index (κ3) is 4.41. The van der Waals surface area contributed by atoms with Crippen LogP contribution in [-0.2, 0) is 4.79 Å². The highest BCUT2D eigenvalue weighted by Crippen LogP contribution is 2.22. The van der Waals surface area contributed by atoms with Crippen LogP contribution in [0.3, 0.4) is 0 Å². The fraction of sp³-hybridized carbons (Fsp3) is 0.200. The van der Waals surface area contributed by atoms with Gasteiger partial charge in [-0.3, -0.25) is 9.59 Å². The van der Waals surface area contributed by atoms with Crippen molar-refractivity contribution in [3.05, 3.63) is 50.6 Å². The fourth-order valence-corrected chi connectivity index (χ4v) is 3.02. The summed E-state index contributed by atoms with van der Waals surface area (Å²) in [5.74, 6) is -0.235. The Kier molecular flexibility index (Phi) is 5.14. The van der Waals surface area contributed by atoms with Crippen LogP contribution >= 0.6 is 27.3 Å². The molecule has 0 spiro atoms. The van der Waals surface area contributed by atoms with Gasteiger partial charge in [-0.1, -0.05) is 12.1 Å². The predicted molar refractivity (Wildman–Crippen MR) is 88.6 cm³/mol. The van der Waals surface area contributed by atoms with Gasteiger partial charge >= 0.3 is 0 Å². The molecule has 1 aromatic carbocycles. The largest absolute Gasteiger partial charge is 0.345 e. The lowest BCUT2D eigenvalue weighted by molar-refractivity contribution is -0.114. The number of hydrogen-bond acceptors (Lipinski definition) is 3. The van der Waals surface area contributed by atoms with Gasteiger partial charge in [0.15, 0.2) is 0 Å². The van der Waals surface area contributed by atoms with Crippen LogP contribution in [0.1, 0.15) is 35.8 Å². The molecule has 0 aliphatic rings. The van der Waals surface area contributed by atoms with Crippen molar-refractivity contribution in [2.75, 3.05) is 5.32 Å². The van der Waals surface area contributed by atoms with E-state index in [4.69, 9.17) is 0 Å². The molecule has 2 amide bonds. The Hall–Kier alpha value is -1.66. The van der Waals surface area contributed by atoms with Gasteiger partial charge < -0.3 is 10.6 Å². The summed E-state index contributed by atoms with van der Waals surface area (Å²) in [6.07, 6.45) is 0. The molecule has 4 nitrogen and oxygen atoms in total. The molecule has 6 heteroatoms. The van der Waals surface area contributed by atoms with E-state index in [9.17, 15) is 9.59 Å². The first-order valence-electron chi connectivity index (χ1n) is 6.38. The third-order valence-corrected chi connectivity index (χ3v) is 4.39. The van der Waals surface area contributed by atoms with E-state index in [1.54, 1.807) is 11.4 Å². The van der Waals surface area contributed by atoms with E-state index >= 15 is 0 Å². The number of amides is 2. The second-order valence-electron chi connectivity index (χ2n) is 4.64. The number of rotatable bonds is 4. The number of thiophene rings is 1. The topological polar surface area (TPSA) is 58.2 Å². The summed E-state index contributed by atoms with van der Waals surface area (Å²) >= 11 is 4.82. The zero-order chi connectivity index (χ0) is 15.4. The maximum atomic E-state index is 12.1. The highest BCUT2D eigenvalue weighted by molar-refractivity contribution is 9.11. The van der Waals surface area contributed by atoms with Gasteiger partial charge in [-0.25, -0.2) is 0 Å². The molecule has 2 rings (SSSR count). The maximum Gasteiger partial charge on any atom is 0.252 e. The molecule has 0 fully saturated rings. The van der Waals surface area contributed by atoms with Crippen molar-refractivity contribution in [3.63, 3.8) is 0 Å². The van der Waals surface area contributed by atoms with E-state index in [0.29, 0.717) is 5.56 Å². The van der Waals surface area contributed by atoms with E-state index in [1.165, 1.54) is 18.3 Å². The summed E-state index contributed by atoms with van der Waals surface area (Å²) < 4.78 is 0.924. The van der Waals surface area contributed by atoms with Gasteiger partial charge in [0.05, 0.1) is 15.4 Å². The standard InChI is InChI=1S/C15H15BrN2O2S/c1-9(17-15(20)12-7-14(16)21-8-12)11-4-3-5-13(6-11)18-10(2)19/h3-9H,1-2H3,(H,17,20)(H,18,19). The van der Waals surface area contributed by atoms with Gasteiger partial charge in [-0.05, 0) is 46.6 Å². The Balaban J connectivity index is 2.07. The van der Waals surface area contributed by atoms with Gasteiger partial charge in [-0.15, -0.1) is 11.3 Å². The molecule has 0 saturated heterocycles. The van der Waals surface area contributed by atoms with E-state index < -0.39 is 0 Å². The number of anilines is 1. The number of carbonyl (C=O) groups excluding carboxylic acids is 2. The lowest BCUT2D eigenvalue weighted by Gasteiger charge is -2.15. The van der Waals surface area contributed by atoms with Crippen LogP contribution in [-0.4, -0.2) is 11.8 Å². The molecular formula is C15H15BrN2O2S. The highest BCUT2D eigenvalue weighted by atomic mass is 79.9. The van der Waals surface area contributed by atoms with Gasteiger partial charge in [0.25, 0.3) is 5.91 Å². The van der Waals surface area contributed by atoms with Crippen molar-refractivity contribution in [2.45, 2.75) is 19.9 Å². The summed E-state index contributed by atoms with van der Waals surface area (Å²) in [5, 5.41) is 7.48. The van der Waals surface area contributed by atoms with Crippen LogP contribution in [0.15, 0.2) is 39.5 Å². The molecule has 1 heterocycles. The van der Waals surface area contributed by atoms with Crippen LogP contribution in [0.4, 0.5) is 5.69 Å². The molecule has 1 atom stereocenters. The van der Waals surface area contributed by atoms with E-state index in [-0.39, 0.29) is 17.9 Å². The van der Waals surface area contributed by atoms with Crippen molar-refractivity contribution < 1.29 is 9.59 Å². The molecule has 0 aliphatic carbocycles. The minimum atomic E-state index is -0.148. The van der Waals surface area contributed by atoms with Crippen molar-refractivity contribution in [1.29, 1.82) is 0 Å². The van der Waals surface area contributed by atoms with Crippen LogP contribution < -0.4 is 10.6 Å². The van der Waals surface area contributed by atoms with Crippen LogP contribution in [0.5, 0.6) is 0 Å². The van der Waals surface area contributed by atoms with Crippen molar-refractivity contribution >= 4 is 44.8 Å². The van der Waals surface area contributed by atoms with Crippen LogP contribution in [0.2, 0.25) is 0 Å². The fourth-order valence-electron chi connectivity index (χ4n) is 1.88. The van der Waals surface area contributed by atoms with Gasteiger partial charge in [0, 0.05) is 18.0 Å². The van der Waals surface area contributed by atoms with Gasteiger partial charge in [0.1, 0.15) is 0 Å². The summed E-state index contributed by atoms with van der Waals surface area (Å²) in [4.78, 5) is 23.2. The Labute approximate surface area is 135 Å². The monoisotopic (exact) mass is 366 g/mol. The Morgan fingerprint density at radius 3 is 2.67 bits per heavy atom. The minimum absolute atomic E-state index is 0.116. The first-order valence-corrected chi connectivity index (χ1v) is 8.05. The lowest BCUT2D eigenvalue weighted by Crippen LogP contribution is -2.26. The zero-order valence-electron chi connectivity index (χ0n) is 11.6. The molecule has 1 aromatic heterocycles. The number of hydrogen-bond donors (Lipinski definition) is 2. The highest BCUT2D eigenvalue weighted by Gasteiger charge is 2.13. The average molecular weight is 367 g/mol. The van der Waals surface area contributed by atoms with Gasteiger partial charge in [0.2, 0.25) is 5.91 Å². The molecule has 21 heavy (non-hydrogen) atoms. The second kappa shape index (κ2) is 6.87. The van der Waals surface area contributed by atoms with Crippen molar-refractivity contribution in [2.24, 2.45) is 0 Å². The summed E-state index contributed by atoms with van der Waals surface area (Å²) in [6, 6.07) is 9.08. The smallest absolute Gasteiger partial charge is 0.252 e. The average Bonchev–Trinajstić information content (AvgIpc) is 2.85. The quantitative estimate of drug-likeness (QED) is 0.860. The first kappa shape index (κ1) is 15.7. The van der Waals surface area contributed by atoms with Crippen molar-refractivity contribution in [3.8, 4) is 0 Å². The third-order valence-electron chi connectivity index (χ3n) is 2.88. The van der Waals surface area contributed by atoms with Crippen LogP contribution in [0, 0.1) is 0 Å².